The Labute approximate surface area is 679 Å². The Morgan fingerprint density at radius 2 is 1.09 bits per heavy atom. The molecule has 5 heterocycles. The molecule has 3 aromatic carbocycles. The number of aliphatic hydroxyl groups excluding tert-OH is 1. The highest BCUT2D eigenvalue weighted by atomic mass is 16.6. The fourth-order valence-electron chi connectivity index (χ4n) is 14.5. The molecule has 0 aromatic heterocycles. The summed E-state index contributed by atoms with van der Waals surface area (Å²) in [7, 11) is 2.96. The number of carbonyl (C=O) groups excluding carboxylic acids is 9. The molecule has 1 saturated carbocycles. The summed E-state index contributed by atoms with van der Waals surface area (Å²) < 4.78 is 74.0. The van der Waals surface area contributed by atoms with Gasteiger partial charge in [-0.15, -0.1) is 0 Å². The number of ether oxygens (including phenoxy) is 13. The number of rotatable bonds is 49. The zero-order chi connectivity index (χ0) is 82.7. The Kier molecular flexibility index (Phi) is 37.5. The van der Waals surface area contributed by atoms with Crippen LogP contribution in [0, 0.1) is 17.8 Å². The fourth-order valence-corrected chi connectivity index (χ4v) is 14.5. The quantitative estimate of drug-likeness (QED) is 0.0261. The van der Waals surface area contributed by atoms with E-state index in [9.17, 15) is 48.3 Å². The van der Waals surface area contributed by atoms with Crippen LogP contribution in [0.4, 0.5) is 21.9 Å². The number of carbonyl (C=O) groups is 9. The van der Waals surface area contributed by atoms with Crippen molar-refractivity contribution in [3.05, 3.63) is 88.8 Å². The van der Waals surface area contributed by atoms with Crippen LogP contribution in [0.15, 0.2) is 77.1 Å². The van der Waals surface area contributed by atoms with E-state index >= 15 is 0 Å². The lowest BCUT2D eigenvalue weighted by Crippen LogP contribution is -2.53. The van der Waals surface area contributed by atoms with Gasteiger partial charge in [0.2, 0.25) is 35.4 Å². The number of hydrogen-bond acceptors (Lipinski definition) is 24. The molecule has 638 valence electrons. The van der Waals surface area contributed by atoms with Crippen LogP contribution >= 0.6 is 0 Å². The Bertz CT molecular complexity index is 3830. The minimum Gasteiger partial charge on any atom is -0.493 e. The van der Waals surface area contributed by atoms with Gasteiger partial charge < -0.3 is 97.8 Å². The Hall–Kier alpha value is -9.12. The smallest absolute Gasteiger partial charge is 0.416 e. The number of unbranched alkanes of at least 4 members (excludes halogenated alkanes) is 2. The van der Waals surface area contributed by atoms with Gasteiger partial charge in [-0.25, -0.2) is 9.69 Å². The average molecular weight is 1620 g/mol. The lowest BCUT2D eigenvalue weighted by atomic mass is 9.83. The highest BCUT2D eigenvalue weighted by Crippen LogP contribution is 2.43. The summed E-state index contributed by atoms with van der Waals surface area (Å²) in [6.07, 6.45) is 15.2. The molecule has 1 aliphatic carbocycles. The number of nitrogens with zero attached hydrogens (tertiary/aromatic N) is 5. The normalized spacial score (nSPS) is 18.7. The molecule has 6 aliphatic rings. The Morgan fingerprint density at radius 1 is 0.560 bits per heavy atom. The van der Waals surface area contributed by atoms with Gasteiger partial charge in [-0.2, -0.15) is 0 Å². The van der Waals surface area contributed by atoms with Gasteiger partial charge in [0, 0.05) is 68.8 Å². The molecule has 116 heavy (non-hydrogen) atoms. The number of imide groups is 1. The van der Waals surface area contributed by atoms with Gasteiger partial charge in [-0.1, -0.05) is 75.7 Å². The lowest BCUT2D eigenvalue weighted by molar-refractivity contribution is -0.140. The fraction of sp³-hybridized carbons (Fsp3) is 0.619. The van der Waals surface area contributed by atoms with Crippen molar-refractivity contribution in [1.82, 2.24) is 30.7 Å². The summed E-state index contributed by atoms with van der Waals surface area (Å²) in [6, 6.07) is 9.95. The summed E-state index contributed by atoms with van der Waals surface area (Å²) in [5.74, 6) is -1.53. The van der Waals surface area contributed by atoms with Gasteiger partial charge in [-0.05, 0) is 107 Å². The maximum Gasteiger partial charge on any atom is 0.416 e. The number of benzene rings is 3. The zero-order valence-corrected chi connectivity index (χ0v) is 68.3. The molecule has 1 saturated heterocycles. The van der Waals surface area contributed by atoms with Crippen LogP contribution in [0.1, 0.15) is 164 Å². The molecule has 0 spiro atoms. The Morgan fingerprint density at radius 3 is 1.68 bits per heavy atom. The highest BCUT2D eigenvalue weighted by molar-refractivity contribution is 6.07. The predicted molar refractivity (Wildman–Crippen MR) is 428 cm³/mol. The second-order valence-electron chi connectivity index (χ2n) is 29.9. The molecule has 3 unspecified atom stereocenters. The number of aliphatic imine (C=N–C) groups is 1. The van der Waals surface area contributed by atoms with Crippen LogP contribution < -0.4 is 45.1 Å². The molecule has 32 heteroatoms. The first kappa shape index (κ1) is 90.8. The van der Waals surface area contributed by atoms with Gasteiger partial charge in [0.15, 0.2) is 29.2 Å². The van der Waals surface area contributed by atoms with Crippen LogP contribution in [-0.2, 0) is 78.0 Å². The standard InChI is InChI=1S/C84H119N9O23/c1-56(2)77(89-75(95)24-29-106-31-33-108-35-37-110-39-41-112-43-44-113-42-40-111-38-36-109-34-32-107-30-25-85-74(94)23-26-90-76(96)49-64(80(90)99)61-17-13-10-8-9-11-14-18-61)79(98)87-59(5)78(97)88-62-21-19-60(20-22-62)55-116-84(103)93-68-51-73(71(105-7)48-66(68)82(101)92-54-58(4)46-69(92)83(93)102)115-28-16-12-15-27-114-72-50-67-65(47-70(72)104-6)81(100)91-53-57(3)45-63(91)52-86-67/h19-22,47-48,50-54,56,59,61,63-64,69,77,83,102H,8-18,23-46,49,55H2,1-7H3,(H,85,94)(H,87,98)(H,88,97)(H,89,95)/t59?,63-,64?,69?,77-,83-/m0/s1. The first-order valence-electron chi connectivity index (χ1n) is 40.8. The summed E-state index contributed by atoms with van der Waals surface area (Å²) in [5.41, 5.74) is 3.92. The van der Waals surface area contributed by atoms with Crippen LogP contribution in [0.25, 0.3) is 0 Å². The predicted octanol–water partition coefficient (Wildman–Crippen LogP) is 8.50. The molecule has 0 bridgehead atoms. The molecule has 32 nitrogen and oxygen atoms in total. The third kappa shape index (κ3) is 27.5. The van der Waals surface area contributed by atoms with E-state index in [1.807, 2.05) is 20.0 Å². The van der Waals surface area contributed by atoms with Crippen molar-refractivity contribution in [1.29, 1.82) is 0 Å². The van der Waals surface area contributed by atoms with Crippen molar-refractivity contribution in [2.75, 3.05) is 156 Å². The maximum atomic E-state index is 14.3. The number of methoxy groups -OCH3 is 2. The van der Waals surface area contributed by atoms with Crippen molar-refractivity contribution < 1.29 is 110 Å². The topological polar surface area (TPSA) is 367 Å². The number of nitrogens with one attached hydrogen (secondary N) is 4. The molecule has 5 aliphatic heterocycles. The third-order valence-corrected chi connectivity index (χ3v) is 20.8. The van der Waals surface area contributed by atoms with Crippen molar-refractivity contribution in [3.8, 4) is 23.0 Å². The van der Waals surface area contributed by atoms with E-state index in [1.165, 1.54) is 68.8 Å². The molecule has 9 rings (SSSR count). The average Bonchev–Trinajstić information content (AvgIpc) is 1.58. The molecule has 9 amide bonds. The van der Waals surface area contributed by atoms with Crippen LogP contribution in [0.3, 0.4) is 0 Å². The third-order valence-electron chi connectivity index (χ3n) is 20.8. The number of anilines is 2. The number of aliphatic hydroxyl groups is 1. The minimum absolute atomic E-state index is 0.0136. The molecule has 2 fully saturated rings. The van der Waals surface area contributed by atoms with Crippen molar-refractivity contribution in [2.24, 2.45) is 22.7 Å². The van der Waals surface area contributed by atoms with Crippen LogP contribution in [0.5, 0.6) is 23.0 Å². The molecular weight excluding hydrogens is 1500 g/mol. The second kappa shape index (κ2) is 47.9. The van der Waals surface area contributed by atoms with Crippen LogP contribution in [-0.4, -0.2) is 256 Å². The second-order valence-corrected chi connectivity index (χ2v) is 29.9. The SMILES string of the molecule is COc1cc2c(cc1OCCCCCOc1cc3c(cc1OC)C(=O)N1C=C(C)CC1[C@H](O)N3C(=O)OCc1ccc(NC(=O)C(C)NC(=O)[C@@H](NC(=O)CCOCCOCCOCCOCCOCCOCCOCCOCCNC(=O)CCN3C(=O)CC(C4CCCCCCCC4)C3=O)C(C)C)cc1)N=C[C@@H]1CC(C)=CN1C2=O. The summed E-state index contributed by atoms with van der Waals surface area (Å²) >= 11 is 0. The van der Waals surface area contributed by atoms with E-state index in [0.717, 1.165) is 48.2 Å². The number of fused-ring (bicyclic) bond motifs is 4. The van der Waals surface area contributed by atoms with Crippen molar-refractivity contribution in [2.45, 2.75) is 174 Å². The van der Waals surface area contributed by atoms with Crippen molar-refractivity contribution in [3.63, 3.8) is 0 Å². The first-order chi connectivity index (χ1) is 56.2. The van der Waals surface area contributed by atoms with E-state index in [1.54, 1.807) is 67.6 Å². The minimum atomic E-state index is -1.53. The Balaban J connectivity index is 0.568. The van der Waals surface area contributed by atoms with Gasteiger partial charge in [0.1, 0.15) is 18.7 Å². The van der Waals surface area contributed by atoms with E-state index in [0.29, 0.717) is 159 Å². The summed E-state index contributed by atoms with van der Waals surface area (Å²) in [6.45, 7) is 15.1. The number of likely N-dealkylation sites (tertiary alicyclic amines) is 1. The molecule has 0 radical (unpaired) electrons. The van der Waals surface area contributed by atoms with Gasteiger partial charge in [-0.3, -0.25) is 48.2 Å². The number of amides is 9. The highest BCUT2D eigenvalue weighted by Gasteiger charge is 2.46. The molecule has 5 N–H and O–H groups in total. The van der Waals surface area contributed by atoms with Crippen molar-refractivity contribution >= 4 is 76.6 Å². The molecule has 6 atom stereocenters. The van der Waals surface area contributed by atoms with E-state index in [2.05, 4.69) is 26.3 Å². The lowest BCUT2D eigenvalue weighted by Gasteiger charge is -2.31. The molecule has 3 aromatic rings. The summed E-state index contributed by atoms with van der Waals surface area (Å²) in [4.78, 5) is 130. The van der Waals surface area contributed by atoms with Gasteiger partial charge in [0.25, 0.3) is 11.8 Å². The van der Waals surface area contributed by atoms with E-state index < -0.39 is 54.1 Å². The largest absolute Gasteiger partial charge is 0.493 e. The van der Waals surface area contributed by atoms with E-state index in [4.69, 9.17) is 61.6 Å². The molecular formula is C84H119N9O23. The van der Waals surface area contributed by atoms with Gasteiger partial charge in [0.05, 0.1) is 174 Å². The monoisotopic (exact) mass is 1620 g/mol. The maximum absolute atomic E-state index is 14.3. The zero-order valence-electron chi connectivity index (χ0n) is 68.3. The van der Waals surface area contributed by atoms with E-state index in [-0.39, 0.29) is 129 Å². The first-order valence-corrected chi connectivity index (χ1v) is 40.8. The van der Waals surface area contributed by atoms with Gasteiger partial charge >= 0.3 is 6.09 Å². The summed E-state index contributed by atoms with van der Waals surface area (Å²) in [5, 5.41) is 23.0. The number of hydrogen-bond donors (Lipinski definition) is 5. The van der Waals surface area contributed by atoms with Crippen LogP contribution in [0.2, 0.25) is 0 Å².